The van der Waals surface area contributed by atoms with Crippen LogP contribution in [0.4, 0.5) is 0 Å². The number of carbonyl (C=O) groups excluding carboxylic acids is 2. The van der Waals surface area contributed by atoms with Crippen molar-refractivity contribution in [1.82, 2.24) is 16.0 Å². The minimum Gasteiger partial charge on any atom is -0.354 e. The minimum atomic E-state index is -0.312. The Morgan fingerprint density at radius 3 is 2.67 bits per heavy atom. The number of piperidine rings is 1. The molecule has 2 heterocycles. The molecule has 104 valence electrons. The lowest BCUT2D eigenvalue weighted by Crippen LogP contribution is -2.47. The number of amides is 2. The number of hydrogen-bond acceptors (Lipinski definition) is 3. The van der Waals surface area contributed by atoms with Crippen molar-refractivity contribution in [2.45, 2.75) is 38.6 Å². The third-order valence-corrected chi connectivity index (χ3v) is 3.81. The van der Waals surface area contributed by atoms with Gasteiger partial charge in [-0.05, 0) is 37.8 Å². The average molecular weight is 276 g/mol. The van der Waals surface area contributed by atoms with Crippen molar-refractivity contribution < 1.29 is 9.59 Å². The first-order valence-corrected chi connectivity index (χ1v) is 6.37. The quantitative estimate of drug-likeness (QED) is 0.689. The number of halogens is 1. The maximum atomic E-state index is 11.8. The van der Waals surface area contributed by atoms with E-state index in [1.54, 1.807) is 0 Å². The van der Waals surface area contributed by atoms with Gasteiger partial charge in [-0.3, -0.25) is 9.59 Å². The number of rotatable bonds is 3. The van der Waals surface area contributed by atoms with Crippen molar-refractivity contribution in [3.8, 4) is 0 Å². The van der Waals surface area contributed by atoms with Gasteiger partial charge in [-0.25, -0.2) is 0 Å². The Labute approximate surface area is 114 Å². The van der Waals surface area contributed by atoms with Gasteiger partial charge in [0.25, 0.3) is 0 Å². The predicted molar refractivity (Wildman–Crippen MR) is 71.6 cm³/mol. The van der Waals surface area contributed by atoms with E-state index in [0.717, 1.165) is 25.9 Å². The van der Waals surface area contributed by atoms with Crippen molar-refractivity contribution in [3.05, 3.63) is 0 Å². The maximum Gasteiger partial charge on any atom is 0.242 e. The second-order valence-electron chi connectivity index (χ2n) is 5.44. The molecule has 0 aliphatic carbocycles. The van der Waals surface area contributed by atoms with Gasteiger partial charge in [0.1, 0.15) is 6.04 Å². The van der Waals surface area contributed by atoms with Crippen LogP contribution in [0, 0.1) is 5.41 Å². The third-order valence-electron chi connectivity index (χ3n) is 3.81. The van der Waals surface area contributed by atoms with Gasteiger partial charge in [0, 0.05) is 13.0 Å². The zero-order valence-electron chi connectivity index (χ0n) is 10.8. The van der Waals surface area contributed by atoms with Crippen LogP contribution in [0.15, 0.2) is 0 Å². The second-order valence-corrected chi connectivity index (χ2v) is 5.44. The van der Waals surface area contributed by atoms with E-state index in [2.05, 4.69) is 22.9 Å². The Bertz CT molecular complexity index is 316. The molecule has 2 aliphatic heterocycles. The molecule has 2 amide bonds. The van der Waals surface area contributed by atoms with Crippen molar-refractivity contribution in [3.63, 3.8) is 0 Å². The van der Waals surface area contributed by atoms with E-state index < -0.39 is 0 Å². The van der Waals surface area contributed by atoms with Crippen molar-refractivity contribution in [1.29, 1.82) is 0 Å². The van der Waals surface area contributed by atoms with E-state index in [-0.39, 0.29) is 35.7 Å². The van der Waals surface area contributed by atoms with Gasteiger partial charge in [0.05, 0.1) is 0 Å². The van der Waals surface area contributed by atoms with Crippen LogP contribution in [-0.2, 0) is 9.59 Å². The third kappa shape index (κ3) is 3.85. The standard InChI is InChI=1S/C12H21N3O2.ClH/c1-12(4-6-13-7-5-12)8-14-11(17)9-2-3-10(16)15-9;/h9,13H,2-8H2,1H3,(H,14,17)(H,15,16);1H/t9-;/m1./s1. The number of carbonyl (C=O) groups is 2. The summed E-state index contributed by atoms with van der Waals surface area (Å²) in [6, 6.07) is -0.312. The van der Waals surface area contributed by atoms with Crippen LogP contribution in [0.5, 0.6) is 0 Å². The van der Waals surface area contributed by atoms with E-state index in [1.807, 2.05) is 0 Å². The lowest BCUT2D eigenvalue weighted by atomic mass is 9.81. The number of nitrogens with one attached hydrogen (secondary N) is 3. The van der Waals surface area contributed by atoms with Crippen LogP contribution in [0.1, 0.15) is 32.6 Å². The molecule has 2 rings (SSSR count). The Balaban J connectivity index is 0.00000162. The van der Waals surface area contributed by atoms with Crippen LogP contribution in [0.3, 0.4) is 0 Å². The van der Waals surface area contributed by atoms with Gasteiger partial charge < -0.3 is 16.0 Å². The Morgan fingerprint density at radius 2 is 2.11 bits per heavy atom. The highest BCUT2D eigenvalue weighted by atomic mass is 35.5. The molecule has 1 atom stereocenters. The van der Waals surface area contributed by atoms with Crippen molar-refractivity contribution >= 4 is 24.2 Å². The van der Waals surface area contributed by atoms with E-state index in [4.69, 9.17) is 0 Å². The summed E-state index contributed by atoms with van der Waals surface area (Å²) in [4.78, 5) is 22.9. The number of hydrogen-bond donors (Lipinski definition) is 3. The van der Waals surface area contributed by atoms with Crippen LogP contribution in [0.2, 0.25) is 0 Å². The molecule has 2 aliphatic rings. The van der Waals surface area contributed by atoms with Gasteiger partial charge in [0.2, 0.25) is 11.8 Å². The predicted octanol–water partition coefficient (Wildman–Crippen LogP) is 0.193. The summed E-state index contributed by atoms with van der Waals surface area (Å²) in [5, 5.41) is 8.98. The van der Waals surface area contributed by atoms with E-state index in [1.165, 1.54) is 0 Å². The second kappa shape index (κ2) is 6.38. The van der Waals surface area contributed by atoms with Gasteiger partial charge in [-0.2, -0.15) is 0 Å². The Morgan fingerprint density at radius 1 is 1.44 bits per heavy atom. The van der Waals surface area contributed by atoms with Gasteiger partial charge >= 0.3 is 0 Å². The molecule has 0 saturated carbocycles. The van der Waals surface area contributed by atoms with E-state index >= 15 is 0 Å². The van der Waals surface area contributed by atoms with Crippen LogP contribution in [0.25, 0.3) is 0 Å². The molecule has 0 radical (unpaired) electrons. The largest absolute Gasteiger partial charge is 0.354 e. The monoisotopic (exact) mass is 275 g/mol. The van der Waals surface area contributed by atoms with Gasteiger partial charge in [0.15, 0.2) is 0 Å². The summed E-state index contributed by atoms with van der Waals surface area (Å²) in [6.07, 6.45) is 3.27. The van der Waals surface area contributed by atoms with Crippen molar-refractivity contribution in [2.24, 2.45) is 5.41 Å². The van der Waals surface area contributed by atoms with Crippen LogP contribution < -0.4 is 16.0 Å². The highest BCUT2D eigenvalue weighted by Gasteiger charge is 2.30. The molecule has 2 fully saturated rings. The first-order valence-electron chi connectivity index (χ1n) is 6.37. The fourth-order valence-electron chi connectivity index (χ4n) is 2.44. The minimum absolute atomic E-state index is 0. The maximum absolute atomic E-state index is 11.8. The molecular weight excluding hydrogens is 254 g/mol. The first kappa shape index (κ1) is 15.2. The van der Waals surface area contributed by atoms with Crippen molar-refractivity contribution in [2.75, 3.05) is 19.6 Å². The molecule has 2 saturated heterocycles. The summed E-state index contributed by atoms with van der Waals surface area (Å²) in [5.41, 5.74) is 0.198. The smallest absolute Gasteiger partial charge is 0.242 e. The summed E-state index contributed by atoms with van der Waals surface area (Å²) < 4.78 is 0. The molecule has 0 aromatic heterocycles. The molecular formula is C12H22ClN3O2. The zero-order valence-corrected chi connectivity index (χ0v) is 11.6. The van der Waals surface area contributed by atoms with Crippen LogP contribution >= 0.6 is 12.4 Å². The van der Waals surface area contributed by atoms with E-state index in [9.17, 15) is 9.59 Å². The normalized spacial score (nSPS) is 26.1. The molecule has 0 bridgehead atoms. The molecule has 5 nitrogen and oxygen atoms in total. The Hall–Kier alpha value is -0.810. The molecule has 0 unspecified atom stereocenters. The summed E-state index contributed by atoms with van der Waals surface area (Å²) in [7, 11) is 0. The lowest BCUT2D eigenvalue weighted by molar-refractivity contribution is -0.126. The molecule has 0 spiro atoms. The first-order chi connectivity index (χ1) is 8.09. The molecule has 3 N–H and O–H groups in total. The zero-order chi connectivity index (χ0) is 12.3. The molecule has 0 aromatic rings. The molecule has 0 aromatic carbocycles. The van der Waals surface area contributed by atoms with Gasteiger partial charge in [-0.15, -0.1) is 12.4 Å². The average Bonchev–Trinajstić information content (AvgIpc) is 2.74. The molecule has 6 heteroatoms. The lowest BCUT2D eigenvalue weighted by Gasteiger charge is -2.34. The highest BCUT2D eigenvalue weighted by Crippen LogP contribution is 2.26. The summed E-state index contributed by atoms with van der Waals surface area (Å²) in [5.74, 6) is -0.0474. The fraction of sp³-hybridized carbons (Fsp3) is 0.833. The highest BCUT2D eigenvalue weighted by molar-refractivity contribution is 5.90. The SMILES string of the molecule is CC1(CNC(=O)[C@H]2CCC(=O)N2)CCNCC1.Cl. The van der Waals surface area contributed by atoms with Crippen LogP contribution in [-0.4, -0.2) is 37.5 Å². The molecule has 18 heavy (non-hydrogen) atoms. The summed E-state index contributed by atoms with van der Waals surface area (Å²) in [6.45, 7) is 4.96. The summed E-state index contributed by atoms with van der Waals surface area (Å²) >= 11 is 0. The fourth-order valence-corrected chi connectivity index (χ4v) is 2.44. The van der Waals surface area contributed by atoms with E-state index in [0.29, 0.717) is 19.4 Å². The van der Waals surface area contributed by atoms with Gasteiger partial charge in [-0.1, -0.05) is 6.92 Å². The Kier molecular flexibility index (Phi) is 5.41. The topological polar surface area (TPSA) is 70.2 Å².